The zero-order chi connectivity index (χ0) is 21.3. The quantitative estimate of drug-likeness (QED) is 0.636. The summed E-state index contributed by atoms with van der Waals surface area (Å²) in [4.78, 5) is 37.8. The number of rotatable bonds is 5. The molecule has 0 bridgehead atoms. The minimum atomic E-state index is -0.635. The molecule has 0 saturated heterocycles. The summed E-state index contributed by atoms with van der Waals surface area (Å²) in [5.41, 5.74) is 1.23. The van der Waals surface area contributed by atoms with E-state index in [1.54, 1.807) is 0 Å². The predicted octanol–water partition coefficient (Wildman–Crippen LogP) is 3.05. The van der Waals surface area contributed by atoms with E-state index in [-0.39, 0.29) is 28.6 Å². The Balaban J connectivity index is 1.98. The molecular weight excluding hydrogens is 396 g/mol. The number of aryl methyl sites for hydroxylation is 1. The average molecular weight is 416 g/mol. The van der Waals surface area contributed by atoms with Crippen LogP contribution in [0.3, 0.4) is 0 Å². The van der Waals surface area contributed by atoms with Gasteiger partial charge in [-0.05, 0) is 25.1 Å². The molecule has 29 heavy (non-hydrogen) atoms. The molecule has 0 unspecified atom stereocenters. The van der Waals surface area contributed by atoms with Crippen LogP contribution in [0.1, 0.15) is 61.7 Å². The number of esters is 2. The van der Waals surface area contributed by atoms with Gasteiger partial charge in [-0.2, -0.15) is 0 Å². The number of hydrogen-bond donors (Lipinski definition) is 1. The lowest BCUT2D eigenvalue weighted by Crippen LogP contribution is -2.14. The number of ether oxygens (including phenoxy) is 2. The van der Waals surface area contributed by atoms with Gasteiger partial charge < -0.3 is 14.8 Å². The van der Waals surface area contributed by atoms with Gasteiger partial charge in [0, 0.05) is 17.3 Å². The van der Waals surface area contributed by atoms with Crippen molar-refractivity contribution < 1.29 is 23.9 Å². The van der Waals surface area contributed by atoms with E-state index in [4.69, 9.17) is 9.47 Å². The average Bonchev–Trinajstić information content (AvgIpc) is 3.26. The Morgan fingerprint density at radius 2 is 1.62 bits per heavy atom. The maximum absolute atomic E-state index is 12.9. The van der Waals surface area contributed by atoms with E-state index in [0.717, 1.165) is 5.82 Å². The van der Waals surface area contributed by atoms with Crippen molar-refractivity contribution in [2.24, 2.45) is 0 Å². The van der Waals surface area contributed by atoms with E-state index in [1.165, 1.54) is 43.8 Å². The summed E-state index contributed by atoms with van der Waals surface area (Å²) >= 11 is 1.21. The first-order valence-electron chi connectivity index (χ1n) is 8.74. The van der Waals surface area contributed by atoms with E-state index in [2.05, 4.69) is 15.5 Å². The highest BCUT2D eigenvalue weighted by molar-refractivity contribution is 7.19. The molecule has 0 saturated carbocycles. The lowest BCUT2D eigenvalue weighted by atomic mass is 10.1. The highest BCUT2D eigenvalue weighted by atomic mass is 32.1. The van der Waals surface area contributed by atoms with Crippen LogP contribution in [0.15, 0.2) is 18.2 Å². The summed E-state index contributed by atoms with van der Waals surface area (Å²) < 4.78 is 11.3. The van der Waals surface area contributed by atoms with Gasteiger partial charge in [-0.25, -0.2) is 9.59 Å². The molecule has 9 nitrogen and oxygen atoms in total. The molecule has 2 heterocycles. The molecule has 0 aliphatic heterocycles. The van der Waals surface area contributed by atoms with E-state index in [0.29, 0.717) is 15.5 Å². The molecule has 152 valence electrons. The molecule has 10 heteroatoms. The topological polar surface area (TPSA) is 112 Å². The van der Waals surface area contributed by atoms with Gasteiger partial charge in [-0.3, -0.25) is 9.20 Å². The van der Waals surface area contributed by atoms with Gasteiger partial charge in [0.2, 0.25) is 4.96 Å². The Morgan fingerprint density at radius 1 is 1.03 bits per heavy atom. The van der Waals surface area contributed by atoms with Crippen LogP contribution in [0.5, 0.6) is 0 Å². The minimum absolute atomic E-state index is 0.120. The molecule has 3 aromatic rings. The fourth-order valence-electron chi connectivity index (χ4n) is 2.87. The molecule has 0 aliphatic rings. The van der Waals surface area contributed by atoms with Crippen molar-refractivity contribution in [3.63, 3.8) is 0 Å². The summed E-state index contributed by atoms with van der Waals surface area (Å²) in [5.74, 6) is -0.734. The monoisotopic (exact) mass is 416 g/mol. The summed E-state index contributed by atoms with van der Waals surface area (Å²) in [5, 5.41) is 11.0. The highest BCUT2D eigenvalue weighted by Gasteiger charge is 2.22. The lowest BCUT2D eigenvalue weighted by Gasteiger charge is -2.09. The van der Waals surface area contributed by atoms with Crippen LogP contribution in [0, 0.1) is 6.92 Å². The Morgan fingerprint density at radius 3 is 2.14 bits per heavy atom. The van der Waals surface area contributed by atoms with Crippen molar-refractivity contribution in [3.8, 4) is 0 Å². The summed E-state index contributed by atoms with van der Waals surface area (Å²) in [7, 11) is 2.47. The molecule has 0 atom stereocenters. The van der Waals surface area contributed by atoms with Crippen LogP contribution < -0.4 is 5.32 Å². The van der Waals surface area contributed by atoms with Crippen LogP contribution in [-0.4, -0.2) is 46.7 Å². The molecule has 1 amide bonds. The Bertz CT molecular complexity index is 1080. The number of hydrogen-bond acceptors (Lipinski definition) is 8. The first kappa shape index (κ1) is 20.5. The molecule has 0 radical (unpaired) electrons. The van der Waals surface area contributed by atoms with Crippen molar-refractivity contribution >= 4 is 39.8 Å². The second-order valence-electron chi connectivity index (χ2n) is 6.58. The number of anilines is 1. The number of amides is 1. The van der Waals surface area contributed by atoms with Crippen molar-refractivity contribution in [1.82, 2.24) is 14.6 Å². The molecule has 1 aromatic carbocycles. The predicted molar refractivity (Wildman–Crippen MR) is 107 cm³/mol. The first-order valence-corrected chi connectivity index (χ1v) is 9.56. The molecular formula is C19H20N4O5S. The van der Waals surface area contributed by atoms with E-state index < -0.39 is 11.9 Å². The minimum Gasteiger partial charge on any atom is -0.465 e. The maximum Gasteiger partial charge on any atom is 0.337 e. The highest BCUT2D eigenvalue weighted by Crippen LogP contribution is 2.27. The molecule has 3 rings (SSSR count). The third-order valence-electron chi connectivity index (χ3n) is 4.27. The fourth-order valence-corrected chi connectivity index (χ4v) is 3.84. The van der Waals surface area contributed by atoms with E-state index in [1.807, 2.05) is 25.2 Å². The van der Waals surface area contributed by atoms with Crippen LogP contribution >= 0.6 is 11.3 Å². The maximum atomic E-state index is 12.9. The van der Waals surface area contributed by atoms with Crippen molar-refractivity contribution in [2.75, 3.05) is 19.5 Å². The molecule has 0 aliphatic carbocycles. The Kier molecular flexibility index (Phi) is 5.64. The number of benzene rings is 1. The Labute approximate surface area is 170 Å². The Hall–Kier alpha value is -3.27. The van der Waals surface area contributed by atoms with Gasteiger partial charge >= 0.3 is 11.9 Å². The lowest BCUT2D eigenvalue weighted by molar-refractivity contribution is 0.0599. The molecule has 0 fully saturated rings. The van der Waals surface area contributed by atoms with Crippen LogP contribution in [0.25, 0.3) is 4.96 Å². The number of thiazole rings is 1. The van der Waals surface area contributed by atoms with Crippen molar-refractivity contribution in [2.45, 2.75) is 26.7 Å². The van der Waals surface area contributed by atoms with Gasteiger partial charge in [0.25, 0.3) is 5.91 Å². The molecule has 0 spiro atoms. The third kappa shape index (κ3) is 3.83. The second-order valence-corrected chi connectivity index (χ2v) is 7.56. The number of nitrogens with one attached hydrogen (secondary N) is 1. The van der Waals surface area contributed by atoms with Crippen LogP contribution in [0.2, 0.25) is 0 Å². The zero-order valence-corrected chi connectivity index (χ0v) is 17.4. The fraction of sp³-hybridized carbons (Fsp3) is 0.316. The van der Waals surface area contributed by atoms with Crippen LogP contribution in [-0.2, 0) is 9.47 Å². The van der Waals surface area contributed by atoms with Gasteiger partial charge in [-0.1, -0.05) is 25.2 Å². The van der Waals surface area contributed by atoms with Gasteiger partial charge in [0.05, 0.1) is 25.3 Å². The number of aromatic nitrogens is 3. The largest absolute Gasteiger partial charge is 0.465 e. The van der Waals surface area contributed by atoms with Gasteiger partial charge in [-0.15, -0.1) is 10.2 Å². The molecule has 1 N–H and O–H groups in total. The second kappa shape index (κ2) is 8.00. The smallest absolute Gasteiger partial charge is 0.337 e. The SMILES string of the molecule is COC(=O)c1cc(NC(=O)c2sc3nnc(C(C)C)n3c2C)cc(C(=O)OC)c1. The standard InChI is InChI=1S/C19H20N4O5S/c1-9(2)15-21-22-19-23(15)10(3)14(29-19)16(24)20-13-7-11(17(25)27-4)6-12(8-13)18(26)28-5/h6-9H,1-5H3,(H,20,24). The van der Waals surface area contributed by atoms with Gasteiger partial charge in [0.15, 0.2) is 0 Å². The first-order chi connectivity index (χ1) is 13.8. The third-order valence-corrected chi connectivity index (χ3v) is 5.40. The van der Waals surface area contributed by atoms with E-state index in [9.17, 15) is 14.4 Å². The van der Waals surface area contributed by atoms with Gasteiger partial charge in [0.1, 0.15) is 10.7 Å². The zero-order valence-electron chi connectivity index (χ0n) is 16.6. The number of carbonyl (C=O) groups excluding carboxylic acids is 3. The number of fused-ring (bicyclic) bond motifs is 1. The summed E-state index contributed by atoms with van der Waals surface area (Å²) in [6.45, 7) is 5.82. The molecule has 2 aromatic heterocycles. The van der Waals surface area contributed by atoms with Crippen molar-refractivity contribution in [3.05, 3.63) is 45.7 Å². The summed E-state index contributed by atoms with van der Waals surface area (Å²) in [6, 6.07) is 4.22. The van der Waals surface area contributed by atoms with Crippen LogP contribution in [0.4, 0.5) is 5.69 Å². The summed E-state index contributed by atoms with van der Waals surface area (Å²) in [6.07, 6.45) is 0. The van der Waals surface area contributed by atoms with Crippen molar-refractivity contribution in [1.29, 1.82) is 0 Å². The number of carbonyl (C=O) groups is 3. The normalized spacial score (nSPS) is 11.0. The number of methoxy groups -OCH3 is 2. The number of nitrogens with zero attached hydrogens (tertiary/aromatic N) is 3. The van der Waals surface area contributed by atoms with E-state index >= 15 is 0 Å².